The molecule has 2 heterocycles. The normalized spacial score (nSPS) is 21.4. The minimum atomic E-state index is -1.47. The molecule has 0 bridgehead atoms. The SMILES string of the molecule is COc1ccc(COC(=O)C2=C(CBr)C[S@](=O)[C@@H]3[C@H](NC(=O)Cc4ccccc4)C(=O)N23)cc1. The number of benzene rings is 2. The van der Waals surface area contributed by atoms with Gasteiger partial charge in [-0.3, -0.25) is 18.7 Å². The van der Waals surface area contributed by atoms with Crippen LogP contribution in [0.4, 0.5) is 0 Å². The Balaban J connectivity index is 1.45. The van der Waals surface area contributed by atoms with Crippen LogP contribution in [0.2, 0.25) is 0 Å². The summed E-state index contributed by atoms with van der Waals surface area (Å²) in [6.45, 7) is 0.00885. The molecule has 0 saturated carbocycles. The molecule has 2 aromatic rings. The molecule has 0 aliphatic carbocycles. The number of carbonyl (C=O) groups is 3. The second-order valence-corrected chi connectivity index (χ2v) is 9.94. The van der Waals surface area contributed by atoms with Crippen molar-refractivity contribution in [2.75, 3.05) is 18.2 Å². The van der Waals surface area contributed by atoms with Crippen LogP contribution in [0.1, 0.15) is 11.1 Å². The van der Waals surface area contributed by atoms with E-state index in [9.17, 15) is 18.6 Å². The number of esters is 1. The lowest BCUT2D eigenvalue weighted by Gasteiger charge is -2.49. The predicted octanol–water partition coefficient (Wildman–Crippen LogP) is 2.05. The number of amides is 2. The van der Waals surface area contributed by atoms with E-state index in [1.54, 1.807) is 31.4 Å². The Morgan fingerprint density at radius 1 is 1.12 bits per heavy atom. The summed E-state index contributed by atoms with van der Waals surface area (Å²) in [5.41, 5.74) is 2.18. The number of β-lactam (4-membered cyclic amide) rings is 1. The summed E-state index contributed by atoms with van der Waals surface area (Å²) < 4.78 is 23.5. The quantitative estimate of drug-likeness (QED) is 0.309. The number of nitrogens with one attached hydrogen (secondary N) is 1. The summed E-state index contributed by atoms with van der Waals surface area (Å²) in [5.74, 6) is -0.704. The number of halogens is 1. The first-order chi connectivity index (χ1) is 16.4. The Bertz CT molecular complexity index is 1150. The molecule has 0 radical (unpaired) electrons. The van der Waals surface area contributed by atoms with Gasteiger partial charge in [0.05, 0.1) is 30.1 Å². The molecule has 1 N–H and O–H groups in total. The van der Waals surface area contributed by atoms with Gasteiger partial charge in [-0.2, -0.15) is 0 Å². The number of methoxy groups -OCH3 is 1. The number of fused-ring (bicyclic) bond motifs is 1. The topological polar surface area (TPSA) is 102 Å². The van der Waals surface area contributed by atoms with Gasteiger partial charge in [0, 0.05) is 5.33 Å². The lowest BCUT2D eigenvalue weighted by atomic mass is 10.0. The molecule has 2 aromatic carbocycles. The first-order valence-corrected chi connectivity index (χ1v) is 13.0. The van der Waals surface area contributed by atoms with Gasteiger partial charge in [-0.05, 0) is 28.8 Å². The van der Waals surface area contributed by atoms with Crippen LogP contribution in [0, 0.1) is 0 Å². The van der Waals surface area contributed by atoms with Gasteiger partial charge in [0.2, 0.25) is 5.91 Å². The summed E-state index contributed by atoms with van der Waals surface area (Å²) >= 11 is 3.32. The van der Waals surface area contributed by atoms with Crippen molar-refractivity contribution < 1.29 is 28.1 Å². The Labute approximate surface area is 207 Å². The van der Waals surface area contributed by atoms with Gasteiger partial charge in [-0.15, -0.1) is 0 Å². The van der Waals surface area contributed by atoms with Crippen molar-refractivity contribution in [3.05, 3.63) is 77.0 Å². The zero-order valence-electron chi connectivity index (χ0n) is 18.4. The van der Waals surface area contributed by atoms with Crippen LogP contribution < -0.4 is 10.1 Å². The van der Waals surface area contributed by atoms with Crippen LogP contribution >= 0.6 is 15.9 Å². The van der Waals surface area contributed by atoms with E-state index in [4.69, 9.17) is 9.47 Å². The maximum Gasteiger partial charge on any atom is 0.355 e. The number of carbonyl (C=O) groups excluding carboxylic acids is 3. The molecule has 8 nitrogen and oxygen atoms in total. The highest BCUT2D eigenvalue weighted by Crippen LogP contribution is 2.36. The highest BCUT2D eigenvalue weighted by molar-refractivity contribution is 9.09. The minimum Gasteiger partial charge on any atom is -0.497 e. The molecule has 0 aromatic heterocycles. The van der Waals surface area contributed by atoms with E-state index < -0.39 is 34.1 Å². The molecule has 1 saturated heterocycles. The number of alkyl halides is 1. The van der Waals surface area contributed by atoms with Gasteiger partial charge in [-0.25, -0.2) is 4.79 Å². The van der Waals surface area contributed by atoms with Crippen molar-refractivity contribution >= 4 is 44.5 Å². The molecule has 1 fully saturated rings. The predicted molar refractivity (Wildman–Crippen MR) is 129 cm³/mol. The summed E-state index contributed by atoms with van der Waals surface area (Å²) in [6, 6.07) is 15.2. The first kappa shape index (κ1) is 24.2. The van der Waals surface area contributed by atoms with Crippen molar-refractivity contribution in [3.63, 3.8) is 0 Å². The maximum atomic E-state index is 13.0. The van der Waals surface area contributed by atoms with Crippen molar-refractivity contribution in [1.29, 1.82) is 0 Å². The highest BCUT2D eigenvalue weighted by atomic mass is 79.9. The number of ether oxygens (including phenoxy) is 2. The fraction of sp³-hybridized carbons (Fsp3) is 0.292. The largest absolute Gasteiger partial charge is 0.497 e. The van der Waals surface area contributed by atoms with Gasteiger partial charge in [0.1, 0.15) is 29.5 Å². The van der Waals surface area contributed by atoms with Gasteiger partial charge in [-0.1, -0.05) is 58.4 Å². The standard InChI is InChI=1S/C24H23BrN2O6S/c1-32-18-9-7-16(8-10-18)13-33-24(30)21-17(12-25)14-34(31)23-20(22(29)27(21)23)26-19(28)11-15-5-3-2-4-6-15/h2-10,20,23H,11-14H2,1H3,(H,26,28)/t20-,23-,34+/m1/s1. The van der Waals surface area contributed by atoms with E-state index in [-0.39, 0.29) is 35.7 Å². The third-order valence-corrected chi connectivity index (χ3v) is 7.94. The second kappa shape index (κ2) is 10.5. The molecular weight excluding hydrogens is 524 g/mol. The van der Waals surface area contributed by atoms with Crippen molar-refractivity contribution in [2.24, 2.45) is 0 Å². The van der Waals surface area contributed by atoms with Crippen molar-refractivity contribution in [3.8, 4) is 5.75 Å². The van der Waals surface area contributed by atoms with Crippen molar-refractivity contribution in [2.45, 2.75) is 24.4 Å². The van der Waals surface area contributed by atoms with Gasteiger partial charge < -0.3 is 14.8 Å². The van der Waals surface area contributed by atoms with E-state index in [0.717, 1.165) is 11.1 Å². The fourth-order valence-corrected chi connectivity index (χ4v) is 6.30. The minimum absolute atomic E-state index is 0.00885. The molecule has 0 spiro atoms. The van der Waals surface area contributed by atoms with Gasteiger partial charge in [0.25, 0.3) is 5.91 Å². The van der Waals surface area contributed by atoms with Crippen LogP contribution in [0.15, 0.2) is 65.9 Å². The summed E-state index contributed by atoms with van der Waals surface area (Å²) in [5, 5.41) is 2.15. The van der Waals surface area contributed by atoms with Gasteiger partial charge >= 0.3 is 5.97 Å². The summed E-state index contributed by atoms with van der Waals surface area (Å²) in [6.07, 6.45) is 0.100. The van der Waals surface area contributed by atoms with Crippen LogP contribution in [0.3, 0.4) is 0 Å². The van der Waals surface area contributed by atoms with Gasteiger partial charge in [0.15, 0.2) is 0 Å². The zero-order chi connectivity index (χ0) is 24.2. The molecule has 178 valence electrons. The van der Waals surface area contributed by atoms with E-state index in [0.29, 0.717) is 11.3 Å². The molecule has 34 heavy (non-hydrogen) atoms. The molecule has 4 rings (SSSR count). The summed E-state index contributed by atoms with van der Waals surface area (Å²) in [4.78, 5) is 39.6. The zero-order valence-corrected chi connectivity index (χ0v) is 20.8. The smallest absolute Gasteiger partial charge is 0.355 e. The van der Waals surface area contributed by atoms with E-state index >= 15 is 0 Å². The highest BCUT2D eigenvalue weighted by Gasteiger charge is 2.57. The van der Waals surface area contributed by atoms with E-state index in [1.807, 2.05) is 30.3 Å². The molecule has 2 aliphatic rings. The van der Waals surface area contributed by atoms with E-state index in [2.05, 4.69) is 21.2 Å². The van der Waals surface area contributed by atoms with Crippen LogP contribution in [0.5, 0.6) is 5.75 Å². The fourth-order valence-electron chi connectivity index (χ4n) is 3.89. The van der Waals surface area contributed by atoms with Crippen LogP contribution in [-0.4, -0.2) is 56.5 Å². The number of nitrogens with zero attached hydrogens (tertiary/aromatic N) is 1. The molecule has 0 unspecified atom stereocenters. The molecule has 2 aliphatic heterocycles. The molecule has 3 atom stereocenters. The average molecular weight is 547 g/mol. The average Bonchev–Trinajstić information content (AvgIpc) is 2.86. The lowest BCUT2D eigenvalue weighted by Crippen LogP contribution is -2.73. The second-order valence-electron chi connectivity index (χ2n) is 7.84. The van der Waals surface area contributed by atoms with Crippen LogP contribution in [0.25, 0.3) is 0 Å². The Kier molecular flexibility index (Phi) is 7.47. The first-order valence-electron chi connectivity index (χ1n) is 10.5. The number of rotatable bonds is 8. The summed E-state index contributed by atoms with van der Waals surface area (Å²) in [7, 11) is 0.0917. The maximum absolute atomic E-state index is 13.0. The third kappa shape index (κ3) is 4.92. The Morgan fingerprint density at radius 3 is 2.47 bits per heavy atom. The van der Waals surface area contributed by atoms with E-state index in [1.165, 1.54) is 4.90 Å². The number of hydrogen-bond acceptors (Lipinski definition) is 6. The third-order valence-electron chi connectivity index (χ3n) is 5.61. The lowest BCUT2D eigenvalue weighted by molar-refractivity contribution is -0.153. The molecule has 10 heteroatoms. The monoisotopic (exact) mass is 546 g/mol. The Hall–Kier alpha value is -2.98. The molecular formula is C24H23BrN2O6S. The molecule has 2 amide bonds. The van der Waals surface area contributed by atoms with Crippen LogP contribution in [-0.2, 0) is 42.9 Å². The van der Waals surface area contributed by atoms with Crippen molar-refractivity contribution in [1.82, 2.24) is 10.2 Å². The number of hydrogen-bond donors (Lipinski definition) is 1. The Morgan fingerprint density at radius 2 is 1.82 bits per heavy atom.